The van der Waals surface area contributed by atoms with Gasteiger partial charge in [0.2, 0.25) is 5.78 Å². The lowest BCUT2D eigenvalue weighted by Crippen LogP contribution is -2.39. The topological polar surface area (TPSA) is 66.2 Å². The molecule has 0 radical (unpaired) electrons. The summed E-state index contributed by atoms with van der Waals surface area (Å²) in [7, 11) is 1.55. The van der Waals surface area contributed by atoms with Gasteiger partial charge >= 0.3 is 11.9 Å². The third kappa shape index (κ3) is 3.35. The van der Waals surface area contributed by atoms with E-state index in [1.807, 2.05) is 13.8 Å². The fraction of sp³-hybridized carbons (Fsp3) is 0.381. The molecular formula is C21H22F3N5O2. The minimum absolute atomic E-state index is 0.228. The normalized spacial score (nSPS) is 12.5. The molecule has 31 heavy (non-hydrogen) atoms. The number of fused-ring (bicyclic) bond motifs is 3. The molecule has 164 valence electrons. The van der Waals surface area contributed by atoms with Crippen molar-refractivity contribution in [2.45, 2.75) is 39.9 Å². The van der Waals surface area contributed by atoms with Gasteiger partial charge in [-0.15, -0.1) is 0 Å². The van der Waals surface area contributed by atoms with Crippen molar-refractivity contribution in [3.63, 3.8) is 0 Å². The van der Waals surface area contributed by atoms with Crippen LogP contribution in [0.1, 0.15) is 31.5 Å². The Morgan fingerprint density at radius 1 is 1.10 bits per heavy atom. The van der Waals surface area contributed by atoms with E-state index in [2.05, 4.69) is 4.98 Å². The van der Waals surface area contributed by atoms with E-state index in [1.54, 1.807) is 29.1 Å². The van der Waals surface area contributed by atoms with Crippen LogP contribution in [0.15, 0.2) is 40.1 Å². The van der Waals surface area contributed by atoms with Crippen LogP contribution >= 0.6 is 0 Å². The Morgan fingerprint density at radius 3 is 2.32 bits per heavy atom. The molecule has 0 aliphatic heterocycles. The Balaban J connectivity index is 1.96. The minimum Gasteiger partial charge on any atom is -0.283 e. The lowest BCUT2D eigenvalue weighted by Gasteiger charge is -2.10. The molecule has 0 bridgehead atoms. The predicted octanol–water partition coefficient (Wildman–Crippen LogP) is 3.51. The van der Waals surface area contributed by atoms with Gasteiger partial charge in [-0.25, -0.2) is 4.79 Å². The summed E-state index contributed by atoms with van der Waals surface area (Å²) >= 11 is 0. The monoisotopic (exact) mass is 433 g/mol. The van der Waals surface area contributed by atoms with Crippen LogP contribution in [0.4, 0.5) is 13.2 Å². The summed E-state index contributed by atoms with van der Waals surface area (Å²) < 4.78 is 44.5. The molecule has 4 aromatic rings. The summed E-state index contributed by atoms with van der Waals surface area (Å²) in [5.74, 6) is 0.668. The number of nitrogens with zero attached hydrogens (tertiary/aromatic N) is 5. The molecule has 0 amide bonds. The fourth-order valence-electron chi connectivity index (χ4n) is 3.71. The van der Waals surface area contributed by atoms with Crippen LogP contribution in [-0.2, 0) is 19.8 Å². The van der Waals surface area contributed by atoms with Crippen LogP contribution < -0.4 is 11.2 Å². The molecule has 3 aromatic heterocycles. The molecule has 1 aromatic carbocycles. The number of aryl methyl sites for hydroxylation is 2. The Labute approximate surface area is 175 Å². The number of hydrogen-bond acceptors (Lipinski definition) is 3. The molecule has 3 heterocycles. The second-order valence-corrected chi connectivity index (χ2v) is 8.09. The number of alkyl halides is 3. The minimum atomic E-state index is -4.43. The third-order valence-electron chi connectivity index (χ3n) is 5.41. The molecule has 0 N–H and O–H groups in total. The van der Waals surface area contributed by atoms with Crippen LogP contribution in [0, 0.1) is 12.8 Å². The van der Waals surface area contributed by atoms with Crippen LogP contribution in [0.5, 0.6) is 0 Å². The zero-order chi connectivity index (χ0) is 22.7. The second kappa shape index (κ2) is 7.14. The van der Waals surface area contributed by atoms with Crippen molar-refractivity contribution in [3.8, 4) is 5.69 Å². The molecule has 7 nitrogen and oxygen atoms in total. The van der Waals surface area contributed by atoms with E-state index in [4.69, 9.17) is 0 Å². The highest BCUT2D eigenvalue weighted by molar-refractivity contribution is 5.76. The summed E-state index contributed by atoms with van der Waals surface area (Å²) in [4.78, 5) is 30.4. The summed E-state index contributed by atoms with van der Waals surface area (Å²) in [6, 6.07) is 4.72. The van der Waals surface area contributed by atoms with Crippen LogP contribution in [0.25, 0.3) is 22.6 Å². The van der Waals surface area contributed by atoms with Gasteiger partial charge in [0, 0.05) is 31.2 Å². The molecule has 0 saturated carbocycles. The Morgan fingerprint density at radius 2 is 1.74 bits per heavy atom. The summed E-state index contributed by atoms with van der Waals surface area (Å²) in [5.41, 5.74) is 0.0155. The fourth-order valence-corrected chi connectivity index (χ4v) is 3.71. The van der Waals surface area contributed by atoms with Crippen molar-refractivity contribution in [3.05, 3.63) is 62.6 Å². The van der Waals surface area contributed by atoms with Crippen molar-refractivity contribution in [1.82, 2.24) is 23.1 Å². The highest BCUT2D eigenvalue weighted by Crippen LogP contribution is 2.30. The number of aromatic nitrogens is 5. The van der Waals surface area contributed by atoms with Gasteiger partial charge in [0.05, 0.1) is 5.56 Å². The first-order valence-corrected chi connectivity index (χ1v) is 9.88. The smallest absolute Gasteiger partial charge is 0.283 e. The van der Waals surface area contributed by atoms with E-state index in [-0.39, 0.29) is 11.2 Å². The first-order chi connectivity index (χ1) is 14.5. The predicted molar refractivity (Wildman–Crippen MR) is 111 cm³/mol. The summed E-state index contributed by atoms with van der Waals surface area (Å²) in [6.07, 6.45) is -2.06. The number of imidazole rings is 2. The van der Waals surface area contributed by atoms with Crippen LogP contribution in [0.2, 0.25) is 0 Å². The zero-order valence-electron chi connectivity index (χ0n) is 17.6. The second-order valence-electron chi connectivity index (χ2n) is 8.09. The summed E-state index contributed by atoms with van der Waals surface area (Å²) in [5, 5.41) is 0. The maximum Gasteiger partial charge on any atom is 0.416 e. The third-order valence-corrected chi connectivity index (χ3v) is 5.41. The molecule has 0 saturated heterocycles. The standard InChI is InChI=1S/C21H22F3N5O2/c1-12(2)9-10-27-18(30)16-17(26(4)20(27)31)25-19-28(16)11-13(3)29(19)15-7-5-14(6-8-15)21(22,23)24/h5-8,11-12H,9-10H2,1-4H3. The van der Waals surface area contributed by atoms with Gasteiger partial charge in [-0.3, -0.25) is 22.9 Å². The zero-order valence-corrected chi connectivity index (χ0v) is 17.6. The Bertz CT molecular complexity index is 1400. The molecule has 10 heteroatoms. The average molecular weight is 433 g/mol. The van der Waals surface area contributed by atoms with Crippen molar-refractivity contribution in [2.75, 3.05) is 0 Å². The summed E-state index contributed by atoms with van der Waals surface area (Å²) in [6.45, 7) is 6.10. The molecular weight excluding hydrogens is 411 g/mol. The molecule has 4 rings (SSSR count). The van der Waals surface area contributed by atoms with Gasteiger partial charge in [0.1, 0.15) is 0 Å². The van der Waals surface area contributed by atoms with Gasteiger partial charge in [0.25, 0.3) is 5.56 Å². The first kappa shape index (κ1) is 21.0. The maximum atomic E-state index is 13.2. The molecule has 0 fully saturated rings. The van der Waals surface area contributed by atoms with Crippen molar-refractivity contribution in [2.24, 2.45) is 13.0 Å². The highest BCUT2D eigenvalue weighted by atomic mass is 19.4. The molecule has 0 atom stereocenters. The SMILES string of the molecule is Cc1cn2c3c(=O)n(CCC(C)C)c(=O)n(C)c3nc2n1-c1ccc(C(F)(F)F)cc1. The van der Waals surface area contributed by atoms with E-state index in [1.165, 1.54) is 21.3 Å². The number of hydrogen-bond donors (Lipinski definition) is 0. The lowest BCUT2D eigenvalue weighted by molar-refractivity contribution is -0.137. The Hall–Kier alpha value is -3.30. The lowest BCUT2D eigenvalue weighted by atomic mass is 10.1. The number of rotatable bonds is 4. The van der Waals surface area contributed by atoms with E-state index in [0.717, 1.165) is 12.1 Å². The van der Waals surface area contributed by atoms with E-state index in [9.17, 15) is 22.8 Å². The number of halogens is 3. The van der Waals surface area contributed by atoms with E-state index in [0.29, 0.717) is 36.0 Å². The molecule has 0 aliphatic rings. The van der Waals surface area contributed by atoms with Crippen LogP contribution in [-0.4, -0.2) is 23.1 Å². The molecule has 0 unspecified atom stereocenters. The van der Waals surface area contributed by atoms with Crippen LogP contribution in [0.3, 0.4) is 0 Å². The van der Waals surface area contributed by atoms with Crippen molar-refractivity contribution >= 4 is 16.9 Å². The molecule has 0 spiro atoms. The highest BCUT2D eigenvalue weighted by Gasteiger charge is 2.30. The van der Waals surface area contributed by atoms with Gasteiger partial charge in [-0.2, -0.15) is 18.2 Å². The molecule has 0 aliphatic carbocycles. The van der Waals surface area contributed by atoms with Gasteiger partial charge < -0.3 is 0 Å². The number of benzene rings is 1. The Kier molecular flexibility index (Phi) is 4.83. The maximum absolute atomic E-state index is 13.2. The van der Waals surface area contributed by atoms with Crippen molar-refractivity contribution in [1.29, 1.82) is 0 Å². The van der Waals surface area contributed by atoms with Gasteiger partial charge in [0.15, 0.2) is 11.2 Å². The van der Waals surface area contributed by atoms with E-state index < -0.39 is 23.0 Å². The van der Waals surface area contributed by atoms with Gasteiger partial charge in [-0.05, 0) is 43.5 Å². The average Bonchev–Trinajstić information content (AvgIpc) is 3.20. The van der Waals surface area contributed by atoms with E-state index >= 15 is 0 Å². The van der Waals surface area contributed by atoms with Crippen molar-refractivity contribution < 1.29 is 13.2 Å². The first-order valence-electron chi connectivity index (χ1n) is 9.88. The van der Waals surface area contributed by atoms with Gasteiger partial charge in [-0.1, -0.05) is 13.8 Å². The quantitative estimate of drug-likeness (QED) is 0.495. The largest absolute Gasteiger partial charge is 0.416 e.